The van der Waals surface area contributed by atoms with E-state index in [2.05, 4.69) is 0 Å². The van der Waals surface area contributed by atoms with Crippen LogP contribution in [0.25, 0.3) is 0 Å². The molecule has 1 aromatic rings. The zero-order valence-electron chi connectivity index (χ0n) is 7.74. The molecule has 3 N–H and O–H groups in total. The Kier molecular flexibility index (Phi) is 2.68. The third kappa shape index (κ3) is 2.06. The van der Waals surface area contributed by atoms with Gasteiger partial charge >= 0.3 is 5.97 Å². The van der Waals surface area contributed by atoms with E-state index in [1.807, 2.05) is 13.8 Å². The first-order valence-corrected chi connectivity index (χ1v) is 4.12. The van der Waals surface area contributed by atoms with Gasteiger partial charge in [-0.2, -0.15) is 0 Å². The maximum Gasteiger partial charge on any atom is 0.335 e. The number of hydrogen-bond donors (Lipinski definition) is 2. The Morgan fingerprint density at radius 1 is 1.54 bits per heavy atom. The maximum absolute atomic E-state index is 10.6. The molecule has 1 aromatic carbocycles. The highest BCUT2D eigenvalue weighted by Gasteiger charge is 2.07. The highest BCUT2D eigenvalue weighted by molar-refractivity contribution is 5.87. The number of hydrogen-bond acceptors (Lipinski definition) is 2. The predicted octanol–water partition coefficient (Wildman–Crippen LogP) is 1.71. The summed E-state index contributed by atoms with van der Waals surface area (Å²) in [6.07, 6.45) is 0. The first-order chi connectivity index (χ1) is 6.02. The molecule has 0 heterocycles. The second-order valence-corrected chi connectivity index (χ2v) is 3.17. The Bertz CT molecular complexity index is 332. The van der Waals surface area contributed by atoms with Gasteiger partial charge < -0.3 is 10.8 Å². The van der Waals surface area contributed by atoms with Gasteiger partial charge in [0.15, 0.2) is 0 Å². The van der Waals surface area contributed by atoms with E-state index in [0.717, 1.165) is 11.1 Å². The van der Waals surface area contributed by atoms with E-state index in [1.165, 1.54) is 0 Å². The van der Waals surface area contributed by atoms with Gasteiger partial charge in [-0.05, 0) is 37.1 Å². The summed E-state index contributed by atoms with van der Waals surface area (Å²) >= 11 is 0. The van der Waals surface area contributed by atoms with Crippen molar-refractivity contribution in [3.8, 4) is 0 Å². The van der Waals surface area contributed by atoms with Crippen LogP contribution >= 0.6 is 0 Å². The van der Waals surface area contributed by atoms with Crippen LogP contribution in [0, 0.1) is 6.92 Å². The molecule has 0 amide bonds. The lowest BCUT2D eigenvalue weighted by molar-refractivity contribution is 0.0696. The highest BCUT2D eigenvalue weighted by atomic mass is 16.4. The Balaban J connectivity index is 3.13. The molecular formula is C10H13NO2. The van der Waals surface area contributed by atoms with E-state index in [9.17, 15) is 4.79 Å². The van der Waals surface area contributed by atoms with Gasteiger partial charge in [-0.1, -0.05) is 6.07 Å². The molecule has 13 heavy (non-hydrogen) atoms. The summed E-state index contributed by atoms with van der Waals surface area (Å²) in [6, 6.07) is 4.93. The third-order valence-electron chi connectivity index (χ3n) is 2.01. The number of benzene rings is 1. The standard InChI is InChI=1S/C10H13NO2/c1-6-5-8(10(12)13)3-4-9(6)7(2)11/h3-5,7H,11H2,1-2H3,(H,12,13)/t7-/m0/s1. The van der Waals surface area contributed by atoms with Gasteiger partial charge in [0.05, 0.1) is 5.56 Å². The molecule has 1 rings (SSSR count). The topological polar surface area (TPSA) is 63.3 Å². The van der Waals surface area contributed by atoms with Crippen LogP contribution in [0.4, 0.5) is 0 Å². The predicted molar refractivity (Wildman–Crippen MR) is 50.7 cm³/mol. The molecule has 0 fully saturated rings. The minimum atomic E-state index is -0.903. The van der Waals surface area contributed by atoms with Gasteiger partial charge in [0.1, 0.15) is 0 Å². The van der Waals surface area contributed by atoms with Crippen LogP contribution in [0.3, 0.4) is 0 Å². The average Bonchev–Trinajstić information content (AvgIpc) is 2.03. The van der Waals surface area contributed by atoms with Crippen molar-refractivity contribution in [2.24, 2.45) is 5.73 Å². The molecule has 0 radical (unpaired) electrons. The van der Waals surface area contributed by atoms with Crippen LogP contribution in [-0.2, 0) is 0 Å². The van der Waals surface area contributed by atoms with Crippen LogP contribution in [0.1, 0.15) is 34.5 Å². The fourth-order valence-electron chi connectivity index (χ4n) is 1.32. The van der Waals surface area contributed by atoms with E-state index < -0.39 is 5.97 Å². The van der Waals surface area contributed by atoms with Gasteiger partial charge in [-0.15, -0.1) is 0 Å². The summed E-state index contributed by atoms with van der Waals surface area (Å²) in [5, 5.41) is 8.71. The van der Waals surface area contributed by atoms with Crippen molar-refractivity contribution >= 4 is 5.97 Å². The SMILES string of the molecule is Cc1cc(C(=O)O)ccc1[C@H](C)N. The number of rotatable bonds is 2. The quantitative estimate of drug-likeness (QED) is 0.726. The molecule has 0 bridgehead atoms. The first kappa shape index (κ1) is 9.74. The van der Waals surface area contributed by atoms with Crippen LogP contribution < -0.4 is 5.73 Å². The van der Waals surface area contributed by atoms with Crippen molar-refractivity contribution in [3.05, 3.63) is 34.9 Å². The Morgan fingerprint density at radius 2 is 2.15 bits per heavy atom. The summed E-state index contributed by atoms with van der Waals surface area (Å²) in [7, 11) is 0. The van der Waals surface area contributed by atoms with Gasteiger partial charge in [-0.3, -0.25) is 0 Å². The number of aryl methyl sites for hydroxylation is 1. The molecule has 1 atom stereocenters. The minimum Gasteiger partial charge on any atom is -0.478 e. The molecule has 0 aliphatic heterocycles. The van der Waals surface area contributed by atoms with Crippen molar-refractivity contribution in [3.63, 3.8) is 0 Å². The Morgan fingerprint density at radius 3 is 2.54 bits per heavy atom. The first-order valence-electron chi connectivity index (χ1n) is 4.12. The van der Waals surface area contributed by atoms with Crippen LogP contribution in [0.5, 0.6) is 0 Å². The summed E-state index contributed by atoms with van der Waals surface area (Å²) < 4.78 is 0. The van der Waals surface area contributed by atoms with Crippen molar-refractivity contribution < 1.29 is 9.90 Å². The molecule has 70 valence electrons. The number of carboxylic acid groups (broad SMARTS) is 1. The second kappa shape index (κ2) is 3.58. The van der Waals surface area contributed by atoms with Gasteiger partial charge in [0.2, 0.25) is 0 Å². The lowest BCUT2D eigenvalue weighted by Gasteiger charge is -2.09. The van der Waals surface area contributed by atoms with Crippen LogP contribution in [-0.4, -0.2) is 11.1 Å². The highest BCUT2D eigenvalue weighted by Crippen LogP contribution is 2.16. The smallest absolute Gasteiger partial charge is 0.335 e. The number of nitrogens with two attached hydrogens (primary N) is 1. The molecule has 0 aliphatic carbocycles. The molecule has 3 nitrogen and oxygen atoms in total. The van der Waals surface area contributed by atoms with E-state index in [4.69, 9.17) is 10.8 Å². The van der Waals surface area contributed by atoms with Crippen molar-refractivity contribution in [1.82, 2.24) is 0 Å². The maximum atomic E-state index is 10.6. The van der Waals surface area contributed by atoms with Crippen molar-refractivity contribution in [1.29, 1.82) is 0 Å². The normalized spacial score (nSPS) is 12.5. The van der Waals surface area contributed by atoms with E-state index >= 15 is 0 Å². The fraction of sp³-hybridized carbons (Fsp3) is 0.300. The van der Waals surface area contributed by atoms with Gasteiger partial charge in [0.25, 0.3) is 0 Å². The van der Waals surface area contributed by atoms with Gasteiger partial charge in [0, 0.05) is 6.04 Å². The summed E-state index contributed by atoms with van der Waals surface area (Å²) in [6.45, 7) is 3.74. The van der Waals surface area contributed by atoms with Crippen molar-refractivity contribution in [2.75, 3.05) is 0 Å². The largest absolute Gasteiger partial charge is 0.478 e. The number of aromatic carboxylic acids is 1. The molecule has 0 saturated heterocycles. The summed E-state index contributed by atoms with van der Waals surface area (Å²) in [4.78, 5) is 10.6. The Hall–Kier alpha value is -1.35. The van der Waals surface area contributed by atoms with Crippen LogP contribution in [0.15, 0.2) is 18.2 Å². The lowest BCUT2D eigenvalue weighted by atomic mass is 10.0. The lowest BCUT2D eigenvalue weighted by Crippen LogP contribution is -2.08. The van der Waals surface area contributed by atoms with Gasteiger partial charge in [-0.25, -0.2) is 4.79 Å². The summed E-state index contributed by atoms with van der Waals surface area (Å²) in [5.41, 5.74) is 7.92. The molecule has 0 saturated carbocycles. The fourth-order valence-corrected chi connectivity index (χ4v) is 1.32. The molecule has 0 unspecified atom stereocenters. The number of carboxylic acids is 1. The molecular weight excluding hydrogens is 166 g/mol. The molecule has 0 aromatic heterocycles. The summed E-state index contributed by atoms with van der Waals surface area (Å²) in [5.74, 6) is -0.903. The average molecular weight is 179 g/mol. The van der Waals surface area contributed by atoms with Crippen molar-refractivity contribution in [2.45, 2.75) is 19.9 Å². The second-order valence-electron chi connectivity index (χ2n) is 3.17. The van der Waals surface area contributed by atoms with E-state index in [0.29, 0.717) is 5.56 Å². The third-order valence-corrected chi connectivity index (χ3v) is 2.01. The molecule has 3 heteroatoms. The minimum absolute atomic E-state index is 0.0529. The number of carbonyl (C=O) groups is 1. The molecule has 0 spiro atoms. The van der Waals surface area contributed by atoms with E-state index in [-0.39, 0.29) is 6.04 Å². The molecule has 0 aliphatic rings. The zero-order valence-corrected chi connectivity index (χ0v) is 7.74. The monoisotopic (exact) mass is 179 g/mol. The zero-order chi connectivity index (χ0) is 10.0. The van der Waals surface area contributed by atoms with Crippen LogP contribution in [0.2, 0.25) is 0 Å². The van der Waals surface area contributed by atoms with E-state index in [1.54, 1.807) is 18.2 Å². The Labute approximate surface area is 77.2 Å².